The van der Waals surface area contributed by atoms with Gasteiger partial charge in [-0.15, -0.1) is 0 Å². The molecule has 0 unspecified atom stereocenters. The Kier molecular flexibility index (Phi) is 3.16. The summed E-state index contributed by atoms with van der Waals surface area (Å²) in [6.45, 7) is 0. The molecule has 5 nitrogen and oxygen atoms in total. The van der Waals surface area contributed by atoms with Crippen molar-refractivity contribution in [1.29, 1.82) is 0 Å². The Bertz CT molecular complexity index is 1030. The van der Waals surface area contributed by atoms with Gasteiger partial charge in [-0.25, -0.2) is 15.0 Å². The summed E-state index contributed by atoms with van der Waals surface area (Å²) in [7, 11) is 0. The Balaban J connectivity index is 1.88. The maximum Gasteiger partial charge on any atom is 0.279 e. The lowest BCUT2D eigenvalue weighted by Gasteiger charge is -2.04. The molecule has 0 radical (unpaired) electrons. The Hall–Kier alpha value is -3.34. The smallest absolute Gasteiger partial charge is 0.279 e. The average Bonchev–Trinajstić information content (AvgIpc) is 2.63. The number of aromatic nitrogens is 4. The van der Waals surface area contributed by atoms with Crippen molar-refractivity contribution < 1.29 is 0 Å². The van der Waals surface area contributed by atoms with Crippen LogP contribution < -0.4 is 5.56 Å². The van der Waals surface area contributed by atoms with Crippen LogP contribution in [0.15, 0.2) is 71.7 Å². The van der Waals surface area contributed by atoms with Crippen molar-refractivity contribution in [1.82, 2.24) is 19.9 Å². The zero-order chi connectivity index (χ0) is 15.6. The van der Waals surface area contributed by atoms with Crippen LogP contribution >= 0.6 is 0 Å². The summed E-state index contributed by atoms with van der Waals surface area (Å²) in [4.78, 5) is 28.3. The van der Waals surface area contributed by atoms with E-state index >= 15 is 0 Å². The zero-order valence-electron chi connectivity index (χ0n) is 12.1. The SMILES string of the molecule is O=c1[nH]c(-c2ccccc2)nc2ncc(-c3ccccc3)nc12. The molecule has 0 saturated heterocycles. The summed E-state index contributed by atoms with van der Waals surface area (Å²) in [5.74, 6) is 0.491. The molecular weight excluding hydrogens is 288 g/mol. The molecule has 23 heavy (non-hydrogen) atoms. The summed E-state index contributed by atoms with van der Waals surface area (Å²) in [5.41, 5.74) is 2.68. The van der Waals surface area contributed by atoms with Gasteiger partial charge in [0.25, 0.3) is 5.56 Å². The van der Waals surface area contributed by atoms with Crippen LogP contribution in [0.4, 0.5) is 0 Å². The first-order valence-electron chi connectivity index (χ1n) is 7.19. The van der Waals surface area contributed by atoms with Crippen LogP contribution in [-0.2, 0) is 0 Å². The highest BCUT2D eigenvalue weighted by Gasteiger charge is 2.10. The fourth-order valence-electron chi connectivity index (χ4n) is 2.40. The molecule has 4 rings (SSSR count). The molecule has 0 amide bonds. The minimum Gasteiger partial charge on any atom is -0.305 e. The van der Waals surface area contributed by atoms with E-state index in [0.717, 1.165) is 11.1 Å². The monoisotopic (exact) mass is 300 g/mol. The van der Waals surface area contributed by atoms with E-state index in [4.69, 9.17) is 0 Å². The third-order valence-corrected chi connectivity index (χ3v) is 3.53. The first-order valence-corrected chi connectivity index (χ1v) is 7.19. The van der Waals surface area contributed by atoms with E-state index in [0.29, 0.717) is 17.2 Å². The Labute approximate surface area is 131 Å². The minimum atomic E-state index is -0.292. The zero-order valence-corrected chi connectivity index (χ0v) is 12.1. The molecule has 0 aliphatic heterocycles. The second-order valence-electron chi connectivity index (χ2n) is 5.07. The highest BCUT2D eigenvalue weighted by atomic mass is 16.1. The number of nitrogens with one attached hydrogen (secondary N) is 1. The fourth-order valence-corrected chi connectivity index (χ4v) is 2.40. The van der Waals surface area contributed by atoms with Crippen molar-refractivity contribution in [3.8, 4) is 22.6 Å². The quantitative estimate of drug-likeness (QED) is 0.617. The number of nitrogens with zero attached hydrogens (tertiary/aromatic N) is 3. The fraction of sp³-hybridized carbons (Fsp3) is 0. The van der Waals surface area contributed by atoms with Gasteiger partial charge in [-0.3, -0.25) is 4.79 Å². The van der Waals surface area contributed by atoms with Gasteiger partial charge in [-0.05, 0) is 0 Å². The van der Waals surface area contributed by atoms with E-state index in [1.165, 1.54) is 0 Å². The number of benzene rings is 2. The molecule has 2 heterocycles. The predicted octanol–water partition coefficient (Wildman–Crippen LogP) is 3.05. The molecule has 0 fully saturated rings. The Morgan fingerprint density at radius 2 is 1.43 bits per heavy atom. The molecule has 5 heteroatoms. The topological polar surface area (TPSA) is 71.5 Å². The largest absolute Gasteiger partial charge is 0.305 e. The van der Waals surface area contributed by atoms with E-state index in [2.05, 4.69) is 19.9 Å². The van der Waals surface area contributed by atoms with Gasteiger partial charge in [-0.2, -0.15) is 0 Å². The molecule has 0 saturated carbocycles. The number of H-pyrrole nitrogens is 1. The van der Waals surface area contributed by atoms with Gasteiger partial charge in [0.15, 0.2) is 11.2 Å². The number of rotatable bonds is 2. The number of fused-ring (bicyclic) bond motifs is 1. The molecule has 0 aliphatic carbocycles. The van der Waals surface area contributed by atoms with Crippen molar-refractivity contribution in [2.45, 2.75) is 0 Å². The molecule has 1 N–H and O–H groups in total. The van der Waals surface area contributed by atoms with Crippen LogP contribution in [0.1, 0.15) is 0 Å². The molecule has 0 bridgehead atoms. The van der Waals surface area contributed by atoms with Crippen molar-refractivity contribution in [2.24, 2.45) is 0 Å². The second-order valence-corrected chi connectivity index (χ2v) is 5.07. The lowest BCUT2D eigenvalue weighted by atomic mass is 10.1. The standard InChI is InChI=1S/C18H12N4O/c23-18-15-17(21-16(22-18)13-9-5-2-6-10-13)19-11-14(20-15)12-7-3-1-4-8-12/h1-11H,(H,19,21,22,23). The molecule has 0 atom stereocenters. The van der Waals surface area contributed by atoms with Gasteiger partial charge in [0.05, 0.1) is 11.9 Å². The van der Waals surface area contributed by atoms with Crippen molar-refractivity contribution in [3.63, 3.8) is 0 Å². The lowest BCUT2D eigenvalue weighted by molar-refractivity contribution is 1.12. The first kappa shape index (κ1) is 13.3. The Morgan fingerprint density at radius 1 is 0.783 bits per heavy atom. The van der Waals surface area contributed by atoms with Crippen molar-refractivity contribution >= 4 is 11.2 Å². The van der Waals surface area contributed by atoms with E-state index in [1.54, 1.807) is 6.20 Å². The minimum absolute atomic E-state index is 0.242. The van der Waals surface area contributed by atoms with Gasteiger partial charge < -0.3 is 4.98 Å². The van der Waals surface area contributed by atoms with E-state index in [-0.39, 0.29) is 11.1 Å². The molecule has 0 spiro atoms. The Morgan fingerprint density at radius 3 is 2.13 bits per heavy atom. The molecule has 2 aromatic carbocycles. The first-order chi connectivity index (χ1) is 11.3. The number of aromatic amines is 1. The summed E-state index contributed by atoms with van der Waals surface area (Å²) >= 11 is 0. The third-order valence-electron chi connectivity index (χ3n) is 3.53. The van der Waals surface area contributed by atoms with Crippen molar-refractivity contribution in [2.75, 3.05) is 0 Å². The van der Waals surface area contributed by atoms with Gasteiger partial charge >= 0.3 is 0 Å². The van der Waals surface area contributed by atoms with Crippen LogP contribution in [0.2, 0.25) is 0 Å². The maximum absolute atomic E-state index is 12.4. The molecule has 110 valence electrons. The second kappa shape index (κ2) is 5.46. The van der Waals surface area contributed by atoms with E-state index in [9.17, 15) is 4.79 Å². The highest BCUT2D eigenvalue weighted by molar-refractivity contribution is 5.74. The third kappa shape index (κ3) is 2.48. The summed E-state index contributed by atoms with van der Waals surface area (Å²) in [6, 6.07) is 19.1. The summed E-state index contributed by atoms with van der Waals surface area (Å²) in [6.07, 6.45) is 1.64. The number of hydrogen-bond donors (Lipinski definition) is 1. The molecule has 0 aliphatic rings. The van der Waals surface area contributed by atoms with Crippen LogP contribution in [0.3, 0.4) is 0 Å². The van der Waals surface area contributed by atoms with E-state index < -0.39 is 0 Å². The summed E-state index contributed by atoms with van der Waals surface area (Å²) < 4.78 is 0. The van der Waals surface area contributed by atoms with Gasteiger partial charge in [-0.1, -0.05) is 60.7 Å². The normalized spacial score (nSPS) is 10.8. The maximum atomic E-state index is 12.4. The molecule has 4 aromatic rings. The summed E-state index contributed by atoms with van der Waals surface area (Å²) in [5, 5.41) is 0. The van der Waals surface area contributed by atoms with Gasteiger partial charge in [0.1, 0.15) is 5.82 Å². The van der Waals surface area contributed by atoms with Crippen LogP contribution in [0.25, 0.3) is 33.8 Å². The number of hydrogen-bond acceptors (Lipinski definition) is 4. The van der Waals surface area contributed by atoms with Gasteiger partial charge in [0.2, 0.25) is 0 Å². The van der Waals surface area contributed by atoms with Gasteiger partial charge in [0, 0.05) is 11.1 Å². The molecular formula is C18H12N4O. The van der Waals surface area contributed by atoms with Crippen LogP contribution in [0, 0.1) is 0 Å². The predicted molar refractivity (Wildman–Crippen MR) is 88.8 cm³/mol. The lowest BCUT2D eigenvalue weighted by Crippen LogP contribution is -2.12. The van der Waals surface area contributed by atoms with E-state index in [1.807, 2.05) is 60.7 Å². The average molecular weight is 300 g/mol. The van der Waals surface area contributed by atoms with Crippen LogP contribution in [-0.4, -0.2) is 19.9 Å². The van der Waals surface area contributed by atoms with Crippen molar-refractivity contribution in [3.05, 3.63) is 77.2 Å². The molecule has 2 aromatic heterocycles. The van der Waals surface area contributed by atoms with Crippen LogP contribution in [0.5, 0.6) is 0 Å². The highest BCUT2D eigenvalue weighted by Crippen LogP contribution is 2.18.